The molecule has 1 fully saturated rings. The second-order valence-electron chi connectivity index (χ2n) is 5.58. The van der Waals surface area contributed by atoms with E-state index >= 15 is 0 Å². The van der Waals surface area contributed by atoms with Gasteiger partial charge < -0.3 is 14.8 Å². The van der Waals surface area contributed by atoms with Gasteiger partial charge in [0, 0.05) is 22.6 Å². The van der Waals surface area contributed by atoms with Crippen molar-refractivity contribution >= 4 is 16.9 Å². The van der Waals surface area contributed by atoms with Crippen molar-refractivity contribution < 1.29 is 15.0 Å². The molecule has 0 radical (unpaired) electrons. The molecule has 2 aromatic rings. The zero-order valence-corrected chi connectivity index (χ0v) is 11.6. The minimum atomic E-state index is -0.890. The van der Waals surface area contributed by atoms with E-state index in [1.807, 2.05) is 19.1 Å². The van der Waals surface area contributed by atoms with Gasteiger partial charge in [0.25, 0.3) is 0 Å². The average Bonchev–Trinajstić information content (AvgIpc) is 3.02. The number of rotatable bonds is 3. The van der Waals surface area contributed by atoms with Crippen LogP contribution >= 0.6 is 0 Å². The van der Waals surface area contributed by atoms with E-state index in [9.17, 15) is 15.0 Å². The number of hydrogen-bond acceptors (Lipinski definition) is 2. The number of aliphatic hydroxyl groups is 1. The first-order valence-electron chi connectivity index (χ1n) is 7.11. The molecule has 1 aliphatic carbocycles. The number of aromatic nitrogens is 1. The van der Waals surface area contributed by atoms with Crippen LogP contribution in [0, 0.1) is 6.92 Å². The number of fused-ring (bicyclic) bond motifs is 1. The highest BCUT2D eigenvalue weighted by atomic mass is 16.4. The summed E-state index contributed by atoms with van der Waals surface area (Å²) >= 11 is 0. The number of carboxylic acid groups (broad SMARTS) is 1. The summed E-state index contributed by atoms with van der Waals surface area (Å²) in [5, 5.41) is 19.5. The van der Waals surface area contributed by atoms with Crippen molar-refractivity contribution in [3.63, 3.8) is 0 Å². The van der Waals surface area contributed by atoms with Crippen LogP contribution in [-0.4, -0.2) is 20.7 Å². The third kappa shape index (κ3) is 1.91. The quantitative estimate of drug-likeness (QED) is 0.902. The number of carboxylic acids is 1. The lowest BCUT2D eigenvalue weighted by atomic mass is 10.1. The Morgan fingerprint density at radius 3 is 2.65 bits per heavy atom. The predicted octanol–water partition coefficient (Wildman–Crippen LogP) is 3.26. The molecule has 1 aromatic carbocycles. The normalized spacial score (nSPS) is 16.1. The number of hydrogen-bond donors (Lipinski definition) is 2. The molecule has 1 aliphatic rings. The van der Waals surface area contributed by atoms with Crippen molar-refractivity contribution in [2.45, 2.75) is 45.3 Å². The third-order valence-corrected chi connectivity index (χ3v) is 4.40. The summed E-state index contributed by atoms with van der Waals surface area (Å²) in [6, 6.07) is 6.03. The summed E-state index contributed by atoms with van der Waals surface area (Å²) in [7, 11) is 0. The predicted molar refractivity (Wildman–Crippen MR) is 77.1 cm³/mol. The second-order valence-corrected chi connectivity index (χ2v) is 5.58. The largest absolute Gasteiger partial charge is 0.478 e. The molecule has 4 nitrogen and oxygen atoms in total. The number of aromatic carboxylic acids is 1. The highest BCUT2D eigenvalue weighted by molar-refractivity contribution is 6.05. The highest BCUT2D eigenvalue weighted by Crippen LogP contribution is 2.37. The SMILES string of the molecule is Cc1c(C(=O)O)c2cc(CO)ccc2n1C1CCCC1. The Kier molecular flexibility index (Phi) is 3.26. The van der Waals surface area contributed by atoms with Crippen molar-refractivity contribution in [2.24, 2.45) is 0 Å². The van der Waals surface area contributed by atoms with Crippen LogP contribution < -0.4 is 0 Å². The van der Waals surface area contributed by atoms with E-state index in [1.165, 1.54) is 12.8 Å². The van der Waals surface area contributed by atoms with Gasteiger partial charge in [0.05, 0.1) is 12.2 Å². The maximum Gasteiger partial charge on any atom is 0.338 e. The maximum atomic E-state index is 11.6. The maximum absolute atomic E-state index is 11.6. The Balaban J connectivity index is 2.29. The zero-order valence-electron chi connectivity index (χ0n) is 11.6. The van der Waals surface area contributed by atoms with E-state index in [1.54, 1.807) is 6.07 Å². The van der Waals surface area contributed by atoms with E-state index in [0.717, 1.165) is 35.0 Å². The Bertz CT molecular complexity index is 666. The van der Waals surface area contributed by atoms with Crippen LogP contribution in [-0.2, 0) is 6.61 Å². The molecule has 0 atom stereocenters. The van der Waals surface area contributed by atoms with Gasteiger partial charge in [-0.05, 0) is 37.5 Å². The van der Waals surface area contributed by atoms with E-state index in [2.05, 4.69) is 4.57 Å². The monoisotopic (exact) mass is 273 g/mol. The third-order valence-electron chi connectivity index (χ3n) is 4.40. The van der Waals surface area contributed by atoms with E-state index in [0.29, 0.717) is 11.6 Å². The summed E-state index contributed by atoms with van der Waals surface area (Å²) in [6.45, 7) is 1.82. The van der Waals surface area contributed by atoms with E-state index in [-0.39, 0.29) is 6.61 Å². The summed E-state index contributed by atoms with van der Waals surface area (Å²) in [6.07, 6.45) is 4.65. The lowest BCUT2D eigenvalue weighted by Crippen LogP contribution is -2.08. The van der Waals surface area contributed by atoms with Crippen LogP contribution in [0.15, 0.2) is 18.2 Å². The summed E-state index contributed by atoms with van der Waals surface area (Å²) in [4.78, 5) is 11.6. The molecule has 3 rings (SSSR count). The smallest absolute Gasteiger partial charge is 0.338 e. The van der Waals surface area contributed by atoms with Gasteiger partial charge in [0.15, 0.2) is 0 Å². The first-order chi connectivity index (χ1) is 9.63. The van der Waals surface area contributed by atoms with E-state index in [4.69, 9.17) is 0 Å². The molecule has 4 heteroatoms. The minimum absolute atomic E-state index is 0.0668. The molecule has 2 N–H and O–H groups in total. The van der Waals surface area contributed by atoms with Crippen molar-refractivity contribution in [1.29, 1.82) is 0 Å². The molecule has 0 aliphatic heterocycles. The fraction of sp³-hybridized carbons (Fsp3) is 0.438. The van der Waals surface area contributed by atoms with Crippen molar-refractivity contribution in [1.82, 2.24) is 4.57 Å². The molecule has 1 aromatic heterocycles. The van der Waals surface area contributed by atoms with Gasteiger partial charge in [-0.25, -0.2) is 4.79 Å². The number of benzene rings is 1. The summed E-state index contributed by atoms with van der Waals surface area (Å²) < 4.78 is 2.19. The fourth-order valence-corrected chi connectivity index (χ4v) is 3.49. The molecular weight excluding hydrogens is 254 g/mol. The second kappa shape index (κ2) is 4.94. The van der Waals surface area contributed by atoms with Crippen LogP contribution in [0.5, 0.6) is 0 Å². The lowest BCUT2D eigenvalue weighted by Gasteiger charge is -2.16. The Morgan fingerprint density at radius 1 is 1.35 bits per heavy atom. The van der Waals surface area contributed by atoms with Gasteiger partial charge in [0.2, 0.25) is 0 Å². The van der Waals surface area contributed by atoms with Crippen molar-refractivity contribution in [2.75, 3.05) is 0 Å². The van der Waals surface area contributed by atoms with Crippen LogP contribution in [0.1, 0.15) is 53.3 Å². The lowest BCUT2D eigenvalue weighted by molar-refractivity contribution is 0.0698. The van der Waals surface area contributed by atoms with Crippen molar-refractivity contribution in [3.8, 4) is 0 Å². The van der Waals surface area contributed by atoms with Crippen LogP contribution in [0.3, 0.4) is 0 Å². The van der Waals surface area contributed by atoms with Gasteiger partial charge in [-0.3, -0.25) is 0 Å². The first-order valence-corrected chi connectivity index (χ1v) is 7.11. The van der Waals surface area contributed by atoms with Gasteiger partial charge in [0.1, 0.15) is 0 Å². The molecule has 0 saturated heterocycles. The standard InChI is InChI=1S/C16H19NO3/c1-10-15(16(19)20)13-8-11(9-18)6-7-14(13)17(10)12-4-2-3-5-12/h6-8,12,18H,2-5,9H2,1H3,(H,19,20). The van der Waals surface area contributed by atoms with Crippen LogP contribution in [0.2, 0.25) is 0 Å². The highest BCUT2D eigenvalue weighted by Gasteiger charge is 2.25. The van der Waals surface area contributed by atoms with Gasteiger partial charge in [-0.2, -0.15) is 0 Å². The van der Waals surface area contributed by atoms with E-state index < -0.39 is 5.97 Å². The average molecular weight is 273 g/mol. The van der Waals surface area contributed by atoms with Gasteiger partial charge in [-0.15, -0.1) is 0 Å². The Morgan fingerprint density at radius 2 is 2.05 bits per heavy atom. The molecule has 0 amide bonds. The molecule has 1 heterocycles. The molecule has 20 heavy (non-hydrogen) atoms. The number of aliphatic hydroxyl groups excluding tert-OH is 1. The summed E-state index contributed by atoms with van der Waals surface area (Å²) in [5.74, 6) is -0.890. The topological polar surface area (TPSA) is 62.5 Å². The molecule has 1 saturated carbocycles. The molecule has 106 valence electrons. The van der Waals surface area contributed by atoms with Gasteiger partial charge >= 0.3 is 5.97 Å². The van der Waals surface area contributed by atoms with Crippen LogP contribution in [0.25, 0.3) is 10.9 Å². The Labute approximate surface area is 117 Å². The molecule has 0 unspecified atom stereocenters. The zero-order chi connectivity index (χ0) is 14.3. The number of nitrogens with zero attached hydrogens (tertiary/aromatic N) is 1. The molecular formula is C16H19NO3. The fourth-order valence-electron chi connectivity index (χ4n) is 3.49. The Hall–Kier alpha value is -1.81. The van der Waals surface area contributed by atoms with Gasteiger partial charge in [-0.1, -0.05) is 18.9 Å². The molecule has 0 spiro atoms. The van der Waals surface area contributed by atoms with Crippen molar-refractivity contribution in [3.05, 3.63) is 35.0 Å². The first kappa shape index (κ1) is 13.2. The molecule has 0 bridgehead atoms. The minimum Gasteiger partial charge on any atom is -0.478 e. The summed E-state index contributed by atoms with van der Waals surface area (Å²) in [5.41, 5.74) is 2.93. The number of carbonyl (C=O) groups is 1. The van der Waals surface area contributed by atoms with Crippen LogP contribution in [0.4, 0.5) is 0 Å².